The molecule has 1 saturated carbocycles. The number of rotatable bonds is 7. The molecule has 0 aromatic carbocycles. The minimum atomic E-state index is -3.23. The third-order valence-electron chi connectivity index (χ3n) is 5.70. The first-order valence-electron chi connectivity index (χ1n) is 9.60. The molecule has 1 spiro atoms. The van der Waals surface area contributed by atoms with Crippen LogP contribution in [0.5, 0.6) is 0 Å². The summed E-state index contributed by atoms with van der Waals surface area (Å²) >= 11 is 0. The van der Waals surface area contributed by atoms with Gasteiger partial charge < -0.3 is 15.0 Å². The van der Waals surface area contributed by atoms with Crippen molar-refractivity contribution in [2.75, 3.05) is 51.7 Å². The summed E-state index contributed by atoms with van der Waals surface area (Å²) in [6.07, 6.45) is 5.75. The highest BCUT2D eigenvalue weighted by atomic mass is 32.2. The van der Waals surface area contributed by atoms with Gasteiger partial charge in [-0.3, -0.25) is 4.99 Å². The molecule has 2 N–H and O–H groups in total. The molecule has 2 saturated heterocycles. The van der Waals surface area contributed by atoms with E-state index in [2.05, 4.69) is 19.9 Å². The van der Waals surface area contributed by atoms with Gasteiger partial charge >= 0.3 is 0 Å². The molecule has 0 aromatic heterocycles. The van der Waals surface area contributed by atoms with Crippen LogP contribution in [0.2, 0.25) is 0 Å². The van der Waals surface area contributed by atoms with E-state index in [4.69, 9.17) is 4.74 Å². The van der Waals surface area contributed by atoms with Crippen LogP contribution >= 0.6 is 0 Å². The fourth-order valence-electron chi connectivity index (χ4n) is 3.80. The number of aliphatic imine (C=N–C) groups is 1. The van der Waals surface area contributed by atoms with Gasteiger partial charge in [0.25, 0.3) is 0 Å². The Balaban J connectivity index is 1.49. The van der Waals surface area contributed by atoms with Crippen molar-refractivity contribution >= 4 is 16.0 Å². The number of ether oxygens (including phenoxy) is 1. The highest BCUT2D eigenvalue weighted by molar-refractivity contribution is 7.89. The molecule has 0 radical (unpaired) electrons. The summed E-state index contributed by atoms with van der Waals surface area (Å²) in [6, 6.07) is 0. The summed E-state index contributed by atoms with van der Waals surface area (Å²) in [6.45, 7) is 7.30. The molecule has 8 heteroatoms. The molecule has 144 valence electrons. The lowest BCUT2D eigenvalue weighted by atomic mass is 9.86. The van der Waals surface area contributed by atoms with Crippen LogP contribution in [0.4, 0.5) is 0 Å². The Hall–Kier alpha value is -0.860. The second kappa shape index (κ2) is 8.22. The van der Waals surface area contributed by atoms with Crippen LogP contribution in [0.15, 0.2) is 4.99 Å². The van der Waals surface area contributed by atoms with Crippen molar-refractivity contribution in [3.8, 4) is 0 Å². The molecular weight excluding hydrogens is 340 g/mol. The number of likely N-dealkylation sites (tertiary alicyclic amines) is 1. The number of hydrogen-bond acceptors (Lipinski definition) is 4. The van der Waals surface area contributed by atoms with Crippen molar-refractivity contribution in [3.05, 3.63) is 0 Å². The molecule has 1 unspecified atom stereocenters. The fraction of sp³-hybridized carbons (Fsp3) is 0.941. The highest BCUT2D eigenvalue weighted by Gasteiger charge is 2.42. The average molecular weight is 373 g/mol. The first-order chi connectivity index (χ1) is 12.0. The second-order valence-corrected chi connectivity index (χ2v) is 9.60. The molecule has 7 nitrogen and oxygen atoms in total. The summed E-state index contributed by atoms with van der Waals surface area (Å²) in [5.74, 6) is 1.42. The number of nitrogens with one attached hydrogen (secondary N) is 2. The van der Waals surface area contributed by atoms with Crippen LogP contribution in [0.3, 0.4) is 0 Å². The molecule has 2 aliphatic heterocycles. The van der Waals surface area contributed by atoms with Crippen LogP contribution in [0.25, 0.3) is 0 Å². The number of nitrogens with zero attached hydrogens (tertiary/aromatic N) is 2. The maximum absolute atomic E-state index is 12.1. The van der Waals surface area contributed by atoms with Crippen LogP contribution in [0.1, 0.15) is 39.0 Å². The van der Waals surface area contributed by atoms with E-state index in [1.54, 1.807) is 0 Å². The number of guanidine groups is 1. The average Bonchev–Trinajstić information content (AvgIpc) is 3.15. The molecule has 3 rings (SSSR count). The predicted octanol–water partition coefficient (Wildman–Crippen LogP) is 0.784. The van der Waals surface area contributed by atoms with E-state index in [-0.39, 0.29) is 11.2 Å². The van der Waals surface area contributed by atoms with E-state index in [1.807, 2.05) is 6.92 Å². The molecule has 2 heterocycles. The summed E-state index contributed by atoms with van der Waals surface area (Å²) in [7, 11) is -3.23. The van der Waals surface area contributed by atoms with Gasteiger partial charge in [-0.25, -0.2) is 13.1 Å². The Morgan fingerprint density at radius 3 is 2.84 bits per heavy atom. The van der Waals surface area contributed by atoms with Crippen LogP contribution in [-0.2, 0) is 14.8 Å². The van der Waals surface area contributed by atoms with E-state index in [1.165, 1.54) is 6.42 Å². The van der Waals surface area contributed by atoms with Crippen molar-refractivity contribution < 1.29 is 13.2 Å². The topological polar surface area (TPSA) is 83.0 Å². The molecule has 1 aliphatic carbocycles. The number of sulfonamides is 1. The first kappa shape index (κ1) is 18.9. The molecule has 25 heavy (non-hydrogen) atoms. The summed E-state index contributed by atoms with van der Waals surface area (Å²) < 4.78 is 32.5. The van der Waals surface area contributed by atoms with Gasteiger partial charge in [0.1, 0.15) is 0 Å². The predicted molar refractivity (Wildman–Crippen MR) is 99.2 cm³/mol. The van der Waals surface area contributed by atoms with Gasteiger partial charge in [-0.1, -0.05) is 6.42 Å². The SMILES string of the molecule is CCNC(=NCCS(=O)(=O)NCC1CCC1)N1CCC2(CCOC2)C1. The van der Waals surface area contributed by atoms with Crippen molar-refractivity contribution in [1.29, 1.82) is 0 Å². The van der Waals surface area contributed by atoms with Gasteiger partial charge in [-0.15, -0.1) is 0 Å². The molecule has 0 bridgehead atoms. The molecule has 3 fully saturated rings. The first-order valence-corrected chi connectivity index (χ1v) is 11.3. The summed E-state index contributed by atoms with van der Waals surface area (Å²) in [5.41, 5.74) is 0.270. The fourth-order valence-corrected chi connectivity index (χ4v) is 4.76. The smallest absolute Gasteiger partial charge is 0.213 e. The molecule has 0 aromatic rings. The minimum Gasteiger partial charge on any atom is -0.381 e. The van der Waals surface area contributed by atoms with E-state index < -0.39 is 10.0 Å². The van der Waals surface area contributed by atoms with Crippen LogP contribution < -0.4 is 10.0 Å². The van der Waals surface area contributed by atoms with Crippen LogP contribution in [0, 0.1) is 11.3 Å². The Morgan fingerprint density at radius 1 is 1.36 bits per heavy atom. The zero-order valence-corrected chi connectivity index (χ0v) is 16.1. The quantitative estimate of drug-likeness (QED) is 0.510. The zero-order chi connectivity index (χ0) is 17.8. The molecule has 3 aliphatic rings. The maximum atomic E-state index is 12.1. The molecule has 1 atom stereocenters. The van der Waals surface area contributed by atoms with Crippen LogP contribution in [-0.4, -0.2) is 71.0 Å². The Bertz CT molecular complexity index is 568. The lowest BCUT2D eigenvalue weighted by Gasteiger charge is -2.25. The molecule has 0 amide bonds. The van der Waals surface area contributed by atoms with Gasteiger partial charge in [0.05, 0.1) is 18.9 Å². The third kappa shape index (κ3) is 5.08. The summed E-state index contributed by atoms with van der Waals surface area (Å²) in [5, 5.41) is 3.31. The van der Waals surface area contributed by atoms with Crippen molar-refractivity contribution in [1.82, 2.24) is 14.9 Å². The van der Waals surface area contributed by atoms with Gasteiger partial charge in [-0.05, 0) is 38.5 Å². The summed E-state index contributed by atoms with van der Waals surface area (Å²) in [4.78, 5) is 6.82. The largest absolute Gasteiger partial charge is 0.381 e. The van der Waals surface area contributed by atoms with Gasteiger partial charge in [0.2, 0.25) is 10.0 Å². The van der Waals surface area contributed by atoms with Gasteiger partial charge in [0.15, 0.2) is 5.96 Å². The van der Waals surface area contributed by atoms with E-state index >= 15 is 0 Å². The van der Waals surface area contributed by atoms with Gasteiger partial charge in [0, 0.05) is 38.2 Å². The normalized spacial score (nSPS) is 27.9. The lowest BCUT2D eigenvalue weighted by Crippen LogP contribution is -2.42. The molecular formula is C17H32N4O3S. The van der Waals surface area contributed by atoms with E-state index in [0.717, 1.165) is 64.5 Å². The second-order valence-electron chi connectivity index (χ2n) is 7.67. The third-order valence-corrected chi connectivity index (χ3v) is 7.02. The Morgan fingerprint density at radius 2 is 2.20 bits per heavy atom. The highest BCUT2D eigenvalue weighted by Crippen LogP contribution is 2.38. The maximum Gasteiger partial charge on any atom is 0.213 e. The van der Waals surface area contributed by atoms with Crippen molar-refractivity contribution in [2.45, 2.75) is 39.0 Å². The van der Waals surface area contributed by atoms with Crippen molar-refractivity contribution in [3.63, 3.8) is 0 Å². The zero-order valence-electron chi connectivity index (χ0n) is 15.3. The standard InChI is InChI=1S/C17H32N4O3S/c1-2-18-16(21-9-6-17(13-21)7-10-24-14-17)19-8-11-25(22,23)20-12-15-4-3-5-15/h15,20H,2-14H2,1H3,(H,18,19). The number of hydrogen-bond donors (Lipinski definition) is 2. The van der Waals surface area contributed by atoms with E-state index in [0.29, 0.717) is 19.0 Å². The minimum absolute atomic E-state index is 0.0523. The Labute approximate surface area is 151 Å². The monoisotopic (exact) mass is 372 g/mol. The Kier molecular flexibility index (Phi) is 6.22. The van der Waals surface area contributed by atoms with E-state index in [9.17, 15) is 8.42 Å². The van der Waals surface area contributed by atoms with Crippen molar-refractivity contribution in [2.24, 2.45) is 16.3 Å². The van der Waals surface area contributed by atoms with Gasteiger partial charge in [-0.2, -0.15) is 0 Å². The lowest BCUT2D eigenvalue weighted by molar-refractivity contribution is 0.156.